The molecular weight excluding hydrogens is 282 g/mol. The highest BCUT2D eigenvalue weighted by Gasteiger charge is 2.02. The van der Waals surface area contributed by atoms with E-state index in [1.54, 1.807) is 0 Å². The summed E-state index contributed by atoms with van der Waals surface area (Å²) < 4.78 is 5.90. The molecule has 0 heterocycles. The molecule has 116 valence electrons. The Labute approximate surface area is 137 Å². The zero-order valence-corrected chi connectivity index (χ0v) is 13.3. The fraction of sp³-hybridized carbons (Fsp3) is 0.143. The molecule has 2 heteroatoms. The highest BCUT2D eigenvalue weighted by atomic mass is 16.5. The van der Waals surface area contributed by atoms with Crippen LogP contribution >= 0.6 is 0 Å². The quantitative estimate of drug-likeness (QED) is 0.677. The van der Waals surface area contributed by atoms with Gasteiger partial charge in [0, 0.05) is 18.3 Å². The van der Waals surface area contributed by atoms with E-state index in [0.29, 0.717) is 6.61 Å². The molecule has 2 nitrogen and oxygen atoms in total. The molecule has 0 fully saturated rings. The molecule has 0 aromatic heterocycles. The van der Waals surface area contributed by atoms with Crippen LogP contribution in [0.3, 0.4) is 0 Å². The number of hydrogen-bond donors (Lipinski definition) is 1. The van der Waals surface area contributed by atoms with Crippen LogP contribution in [0.25, 0.3) is 0 Å². The van der Waals surface area contributed by atoms with Crippen molar-refractivity contribution < 1.29 is 4.74 Å². The lowest BCUT2D eigenvalue weighted by molar-refractivity contribution is 0.306. The van der Waals surface area contributed by atoms with E-state index >= 15 is 0 Å². The van der Waals surface area contributed by atoms with Gasteiger partial charge in [-0.25, -0.2) is 0 Å². The molecule has 0 aliphatic rings. The Balaban J connectivity index is 1.64. The minimum Gasteiger partial charge on any atom is -0.489 e. The Morgan fingerprint density at radius 1 is 0.783 bits per heavy atom. The molecule has 23 heavy (non-hydrogen) atoms. The first-order valence-corrected chi connectivity index (χ1v) is 7.86. The molecule has 0 atom stereocenters. The number of benzene rings is 3. The lowest BCUT2D eigenvalue weighted by atomic mass is 10.1. The summed E-state index contributed by atoms with van der Waals surface area (Å²) in [7, 11) is 0. The SMILES string of the molecule is Cc1ccc(OCc2ccccc2)cc1NCc1ccccc1. The van der Waals surface area contributed by atoms with Crippen molar-refractivity contribution in [2.24, 2.45) is 0 Å². The highest BCUT2D eigenvalue weighted by molar-refractivity contribution is 5.54. The zero-order valence-electron chi connectivity index (χ0n) is 13.3. The van der Waals surface area contributed by atoms with Gasteiger partial charge in [-0.2, -0.15) is 0 Å². The van der Waals surface area contributed by atoms with Gasteiger partial charge in [-0.15, -0.1) is 0 Å². The molecule has 0 saturated carbocycles. The van der Waals surface area contributed by atoms with Gasteiger partial charge in [0.15, 0.2) is 0 Å². The van der Waals surface area contributed by atoms with Crippen molar-refractivity contribution in [2.45, 2.75) is 20.1 Å². The molecular formula is C21H21NO. The normalized spacial score (nSPS) is 10.3. The van der Waals surface area contributed by atoms with Crippen LogP contribution < -0.4 is 10.1 Å². The second-order valence-corrected chi connectivity index (χ2v) is 5.59. The summed E-state index contributed by atoms with van der Waals surface area (Å²) in [4.78, 5) is 0. The minimum atomic E-state index is 0.585. The molecule has 1 N–H and O–H groups in total. The van der Waals surface area contributed by atoms with Crippen LogP contribution in [0.4, 0.5) is 5.69 Å². The van der Waals surface area contributed by atoms with E-state index in [4.69, 9.17) is 4.74 Å². The van der Waals surface area contributed by atoms with Gasteiger partial charge in [0.05, 0.1) is 0 Å². The van der Waals surface area contributed by atoms with E-state index in [2.05, 4.69) is 60.8 Å². The average Bonchev–Trinajstić information content (AvgIpc) is 2.62. The summed E-state index contributed by atoms with van der Waals surface area (Å²) in [5.74, 6) is 0.884. The predicted octanol–water partition coefficient (Wildman–Crippen LogP) is 5.19. The minimum absolute atomic E-state index is 0.585. The fourth-order valence-corrected chi connectivity index (χ4v) is 2.42. The van der Waals surface area contributed by atoms with E-state index in [0.717, 1.165) is 18.0 Å². The lowest BCUT2D eigenvalue weighted by Crippen LogP contribution is -2.02. The van der Waals surface area contributed by atoms with Gasteiger partial charge in [0.25, 0.3) is 0 Å². The number of rotatable bonds is 6. The molecule has 0 bridgehead atoms. The molecule has 0 aliphatic heterocycles. The summed E-state index contributed by atoms with van der Waals surface area (Å²) in [6, 6.07) is 26.8. The van der Waals surface area contributed by atoms with Crippen molar-refractivity contribution in [2.75, 3.05) is 5.32 Å². The van der Waals surface area contributed by atoms with Crippen molar-refractivity contribution in [1.29, 1.82) is 0 Å². The van der Waals surface area contributed by atoms with Crippen LogP contribution in [0, 0.1) is 6.92 Å². The first-order chi connectivity index (χ1) is 11.3. The van der Waals surface area contributed by atoms with Gasteiger partial charge in [0.2, 0.25) is 0 Å². The number of hydrogen-bond acceptors (Lipinski definition) is 2. The summed E-state index contributed by atoms with van der Waals surface area (Å²) in [6.45, 7) is 3.50. The van der Waals surface area contributed by atoms with Crippen molar-refractivity contribution in [3.63, 3.8) is 0 Å². The Morgan fingerprint density at radius 3 is 2.13 bits per heavy atom. The number of anilines is 1. The van der Waals surface area contributed by atoms with E-state index < -0.39 is 0 Å². The maximum Gasteiger partial charge on any atom is 0.121 e. The molecule has 3 aromatic carbocycles. The van der Waals surface area contributed by atoms with Crippen LogP contribution in [0.15, 0.2) is 78.9 Å². The molecule has 0 aliphatic carbocycles. The monoisotopic (exact) mass is 303 g/mol. The highest BCUT2D eigenvalue weighted by Crippen LogP contribution is 2.23. The largest absolute Gasteiger partial charge is 0.489 e. The Hall–Kier alpha value is -2.74. The molecule has 0 saturated heterocycles. The van der Waals surface area contributed by atoms with Crippen molar-refractivity contribution in [1.82, 2.24) is 0 Å². The first-order valence-electron chi connectivity index (χ1n) is 7.86. The van der Waals surface area contributed by atoms with E-state index in [1.807, 2.05) is 30.3 Å². The third-order valence-electron chi connectivity index (χ3n) is 3.78. The summed E-state index contributed by atoms with van der Waals surface area (Å²) in [5.41, 5.74) is 4.77. The maximum atomic E-state index is 5.90. The fourth-order valence-electron chi connectivity index (χ4n) is 2.42. The maximum absolute atomic E-state index is 5.90. The summed E-state index contributed by atoms with van der Waals surface area (Å²) in [6.07, 6.45) is 0. The topological polar surface area (TPSA) is 21.3 Å². The van der Waals surface area contributed by atoms with E-state index in [1.165, 1.54) is 16.7 Å². The second-order valence-electron chi connectivity index (χ2n) is 5.59. The predicted molar refractivity (Wildman–Crippen MR) is 95.7 cm³/mol. The number of aryl methyl sites for hydroxylation is 1. The zero-order chi connectivity index (χ0) is 15.9. The van der Waals surface area contributed by atoms with E-state index in [-0.39, 0.29) is 0 Å². The van der Waals surface area contributed by atoms with Crippen LogP contribution in [0.1, 0.15) is 16.7 Å². The van der Waals surface area contributed by atoms with Crippen LogP contribution in [-0.4, -0.2) is 0 Å². The molecule has 0 radical (unpaired) electrons. The Morgan fingerprint density at radius 2 is 1.43 bits per heavy atom. The lowest BCUT2D eigenvalue weighted by Gasteiger charge is -2.13. The molecule has 3 aromatic rings. The van der Waals surface area contributed by atoms with Gasteiger partial charge >= 0.3 is 0 Å². The van der Waals surface area contributed by atoms with Gasteiger partial charge in [-0.3, -0.25) is 0 Å². The first kappa shape index (κ1) is 15.2. The smallest absolute Gasteiger partial charge is 0.121 e. The molecule has 0 spiro atoms. The number of nitrogens with one attached hydrogen (secondary N) is 1. The van der Waals surface area contributed by atoms with Gasteiger partial charge in [-0.1, -0.05) is 66.7 Å². The molecule has 0 amide bonds. The summed E-state index contributed by atoms with van der Waals surface area (Å²) >= 11 is 0. The van der Waals surface area contributed by atoms with Crippen LogP contribution in [-0.2, 0) is 13.2 Å². The van der Waals surface area contributed by atoms with E-state index in [9.17, 15) is 0 Å². The average molecular weight is 303 g/mol. The van der Waals surface area contributed by atoms with Crippen LogP contribution in [0.5, 0.6) is 5.75 Å². The third-order valence-corrected chi connectivity index (χ3v) is 3.78. The van der Waals surface area contributed by atoms with Crippen LogP contribution in [0.2, 0.25) is 0 Å². The van der Waals surface area contributed by atoms with Gasteiger partial charge in [-0.05, 0) is 29.7 Å². The van der Waals surface area contributed by atoms with Crippen molar-refractivity contribution >= 4 is 5.69 Å². The number of ether oxygens (including phenoxy) is 1. The van der Waals surface area contributed by atoms with Crippen molar-refractivity contribution in [3.05, 3.63) is 95.6 Å². The standard InChI is InChI=1S/C21H21NO/c1-17-12-13-20(23-16-19-10-6-3-7-11-19)14-21(17)22-15-18-8-4-2-5-9-18/h2-14,22H,15-16H2,1H3. The molecule has 0 unspecified atom stereocenters. The Kier molecular flexibility index (Phi) is 4.95. The summed E-state index contributed by atoms with van der Waals surface area (Å²) in [5, 5.41) is 3.49. The Bertz CT molecular complexity index is 738. The van der Waals surface area contributed by atoms with Crippen molar-refractivity contribution in [3.8, 4) is 5.75 Å². The van der Waals surface area contributed by atoms with Gasteiger partial charge in [0.1, 0.15) is 12.4 Å². The third kappa shape index (κ3) is 4.36. The van der Waals surface area contributed by atoms with Gasteiger partial charge < -0.3 is 10.1 Å². The molecule has 3 rings (SSSR count). The second kappa shape index (κ2) is 7.50.